The molecule has 1 aromatic rings. The van der Waals surface area contributed by atoms with E-state index in [-0.39, 0.29) is 11.1 Å². The lowest BCUT2D eigenvalue weighted by Crippen LogP contribution is -2.56. The smallest absolute Gasteiger partial charge is 0.150 e. The van der Waals surface area contributed by atoms with Crippen LogP contribution < -0.4 is 4.90 Å². The monoisotopic (exact) mass is 300 g/mol. The second-order valence-electron chi connectivity index (χ2n) is 5.72. The van der Waals surface area contributed by atoms with Crippen LogP contribution >= 0.6 is 11.6 Å². The van der Waals surface area contributed by atoms with Gasteiger partial charge in [0.1, 0.15) is 5.82 Å². The van der Waals surface area contributed by atoms with E-state index in [9.17, 15) is 8.78 Å². The predicted octanol–water partition coefficient (Wildman–Crippen LogP) is 3.68. The molecule has 2 aliphatic heterocycles. The third kappa shape index (κ3) is 2.40. The maximum atomic E-state index is 14.2. The van der Waals surface area contributed by atoms with Gasteiger partial charge in [0.05, 0.1) is 10.7 Å². The van der Waals surface area contributed by atoms with Crippen LogP contribution in [0.15, 0.2) is 12.1 Å². The van der Waals surface area contributed by atoms with Crippen LogP contribution in [0.2, 0.25) is 5.02 Å². The van der Waals surface area contributed by atoms with E-state index in [1.54, 1.807) is 0 Å². The van der Waals surface area contributed by atoms with Crippen LogP contribution in [-0.4, -0.2) is 36.6 Å². The Morgan fingerprint density at radius 3 is 2.80 bits per heavy atom. The zero-order valence-corrected chi connectivity index (χ0v) is 12.3. The summed E-state index contributed by atoms with van der Waals surface area (Å²) in [4.78, 5) is 4.53. The molecule has 0 radical (unpaired) electrons. The standard InChI is InChI=1S/C15H19ClF2N2/c1-2-11-8-19-5-3-4-12(19)9-20(11)15-13(16)6-10(17)7-14(15)18/h6-7,11-12H,2-5,8-9H2,1H3. The molecule has 2 heterocycles. The number of nitrogens with zero attached hydrogens (tertiary/aromatic N) is 2. The minimum atomic E-state index is -0.621. The van der Waals surface area contributed by atoms with E-state index in [1.807, 2.05) is 4.90 Å². The molecular weight excluding hydrogens is 282 g/mol. The molecule has 1 aromatic carbocycles. The number of hydrogen-bond acceptors (Lipinski definition) is 2. The van der Waals surface area contributed by atoms with Gasteiger partial charge in [-0.25, -0.2) is 8.78 Å². The Balaban J connectivity index is 1.95. The lowest BCUT2D eigenvalue weighted by molar-refractivity contribution is 0.194. The van der Waals surface area contributed by atoms with Gasteiger partial charge in [0.15, 0.2) is 5.82 Å². The van der Waals surface area contributed by atoms with Crippen molar-refractivity contribution in [3.05, 3.63) is 28.8 Å². The first kappa shape index (κ1) is 14.1. The molecule has 2 aliphatic rings. The molecule has 20 heavy (non-hydrogen) atoms. The predicted molar refractivity (Wildman–Crippen MR) is 77.4 cm³/mol. The van der Waals surface area contributed by atoms with Crippen LogP contribution in [-0.2, 0) is 0 Å². The number of benzene rings is 1. The number of halogens is 3. The largest absolute Gasteiger partial charge is 0.362 e. The Hall–Kier alpha value is -0.870. The number of piperazine rings is 1. The van der Waals surface area contributed by atoms with Crippen molar-refractivity contribution < 1.29 is 8.78 Å². The van der Waals surface area contributed by atoms with Gasteiger partial charge < -0.3 is 4.90 Å². The number of fused-ring (bicyclic) bond motifs is 1. The normalized spacial score (nSPS) is 26.9. The lowest BCUT2D eigenvalue weighted by Gasteiger charge is -2.45. The average molecular weight is 301 g/mol. The van der Waals surface area contributed by atoms with Gasteiger partial charge >= 0.3 is 0 Å². The summed E-state index contributed by atoms with van der Waals surface area (Å²) < 4.78 is 27.4. The van der Waals surface area contributed by atoms with Gasteiger partial charge in [-0.05, 0) is 31.9 Å². The molecule has 2 nitrogen and oxygen atoms in total. The first-order valence-electron chi connectivity index (χ1n) is 7.25. The minimum absolute atomic E-state index is 0.174. The zero-order chi connectivity index (χ0) is 14.3. The van der Waals surface area contributed by atoms with Gasteiger partial charge in [0.25, 0.3) is 0 Å². The van der Waals surface area contributed by atoms with Crippen molar-refractivity contribution in [1.29, 1.82) is 0 Å². The molecule has 2 saturated heterocycles. The van der Waals surface area contributed by atoms with E-state index >= 15 is 0 Å². The fourth-order valence-electron chi connectivity index (χ4n) is 3.52. The molecule has 0 amide bonds. The van der Waals surface area contributed by atoms with Gasteiger partial charge in [-0.3, -0.25) is 4.90 Å². The Morgan fingerprint density at radius 1 is 1.30 bits per heavy atom. The third-order valence-electron chi connectivity index (χ3n) is 4.53. The van der Waals surface area contributed by atoms with Crippen LogP contribution in [0.1, 0.15) is 26.2 Å². The van der Waals surface area contributed by atoms with Crippen molar-refractivity contribution in [3.63, 3.8) is 0 Å². The molecule has 5 heteroatoms. The minimum Gasteiger partial charge on any atom is -0.362 e. The van der Waals surface area contributed by atoms with Crippen molar-refractivity contribution >= 4 is 17.3 Å². The summed E-state index contributed by atoms with van der Waals surface area (Å²) in [6.07, 6.45) is 3.28. The van der Waals surface area contributed by atoms with Gasteiger partial charge in [0, 0.05) is 31.2 Å². The molecule has 2 fully saturated rings. The maximum Gasteiger partial charge on any atom is 0.150 e. The van der Waals surface area contributed by atoms with Crippen LogP contribution in [0.5, 0.6) is 0 Å². The van der Waals surface area contributed by atoms with E-state index in [0.29, 0.717) is 11.7 Å². The summed E-state index contributed by atoms with van der Waals surface area (Å²) >= 11 is 6.10. The zero-order valence-electron chi connectivity index (χ0n) is 11.6. The van der Waals surface area contributed by atoms with Gasteiger partial charge in [0.2, 0.25) is 0 Å². The van der Waals surface area contributed by atoms with Crippen LogP contribution in [0.4, 0.5) is 14.5 Å². The molecule has 2 atom stereocenters. The molecule has 0 bridgehead atoms. The summed E-state index contributed by atoms with van der Waals surface area (Å²) in [6, 6.07) is 2.84. The van der Waals surface area contributed by atoms with Crippen LogP contribution in [0.3, 0.4) is 0 Å². The Kier molecular flexibility index (Phi) is 3.87. The highest BCUT2D eigenvalue weighted by atomic mass is 35.5. The van der Waals surface area contributed by atoms with Crippen molar-refractivity contribution in [1.82, 2.24) is 4.90 Å². The average Bonchev–Trinajstić information content (AvgIpc) is 2.83. The summed E-state index contributed by atoms with van der Waals surface area (Å²) in [7, 11) is 0. The van der Waals surface area contributed by atoms with E-state index in [1.165, 1.54) is 12.5 Å². The molecule has 2 unspecified atom stereocenters. The summed E-state index contributed by atoms with van der Waals surface area (Å²) in [5.41, 5.74) is 0.367. The Morgan fingerprint density at radius 2 is 2.10 bits per heavy atom. The first-order chi connectivity index (χ1) is 9.60. The van der Waals surface area contributed by atoms with Crippen molar-refractivity contribution in [2.45, 2.75) is 38.3 Å². The van der Waals surface area contributed by atoms with Gasteiger partial charge in [-0.1, -0.05) is 18.5 Å². The topological polar surface area (TPSA) is 6.48 Å². The number of rotatable bonds is 2. The molecule has 0 spiro atoms. The second kappa shape index (κ2) is 5.49. The summed E-state index contributed by atoms with van der Waals surface area (Å²) in [5.74, 6) is -1.18. The molecule has 0 aliphatic carbocycles. The van der Waals surface area contributed by atoms with E-state index in [2.05, 4.69) is 11.8 Å². The number of hydrogen-bond donors (Lipinski definition) is 0. The molecule has 110 valence electrons. The van der Waals surface area contributed by atoms with Crippen molar-refractivity contribution in [2.24, 2.45) is 0 Å². The quantitative estimate of drug-likeness (QED) is 0.822. The van der Waals surface area contributed by atoms with Crippen molar-refractivity contribution in [2.75, 3.05) is 24.5 Å². The highest BCUT2D eigenvalue weighted by Crippen LogP contribution is 2.36. The molecule has 0 N–H and O–H groups in total. The van der Waals surface area contributed by atoms with Gasteiger partial charge in [-0.15, -0.1) is 0 Å². The third-order valence-corrected chi connectivity index (χ3v) is 4.82. The Labute approximate surface area is 123 Å². The SMILES string of the molecule is CCC1CN2CCCC2CN1c1c(F)cc(F)cc1Cl. The van der Waals surface area contributed by atoms with Crippen LogP contribution in [0.25, 0.3) is 0 Å². The molecule has 0 saturated carbocycles. The summed E-state index contributed by atoms with van der Waals surface area (Å²) in [6.45, 7) is 4.95. The van der Waals surface area contributed by atoms with Crippen molar-refractivity contribution in [3.8, 4) is 0 Å². The highest BCUT2D eigenvalue weighted by molar-refractivity contribution is 6.33. The number of anilines is 1. The highest BCUT2D eigenvalue weighted by Gasteiger charge is 2.37. The van der Waals surface area contributed by atoms with E-state index < -0.39 is 11.6 Å². The molecule has 3 rings (SSSR count). The maximum absolute atomic E-state index is 14.2. The fraction of sp³-hybridized carbons (Fsp3) is 0.600. The lowest BCUT2D eigenvalue weighted by atomic mass is 10.0. The van der Waals surface area contributed by atoms with E-state index in [0.717, 1.165) is 38.5 Å². The van der Waals surface area contributed by atoms with Crippen LogP contribution in [0, 0.1) is 11.6 Å². The second-order valence-corrected chi connectivity index (χ2v) is 6.13. The van der Waals surface area contributed by atoms with Gasteiger partial charge in [-0.2, -0.15) is 0 Å². The first-order valence-corrected chi connectivity index (χ1v) is 7.63. The fourth-order valence-corrected chi connectivity index (χ4v) is 3.82. The molecule has 0 aromatic heterocycles. The molecular formula is C15H19ClF2N2. The Bertz CT molecular complexity index is 486. The van der Waals surface area contributed by atoms with E-state index in [4.69, 9.17) is 11.6 Å². The summed E-state index contributed by atoms with van der Waals surface area (Å²) in [5, 5.41) is 0.174.